The normalized spacial score (nSPS) is 11.6. The molecule has 0 unspecified atom stereocenters. The van der Waals surface area contributed by atoms with Gasteiger partial charge in [0.25, 0.3) is 0 Å². The number of benzene rings is 2. The van der Waals surface area contributed by atoms with Gasteiger partial charge in [-0.05, 0) is 36.1 Å². The molecular formula is C20H20F2O. The van der Waals surface area contributed by atoms with Crippen LogP contribution in [-0.4, -0.2) is 13.2 Å². The third-order valence-electron chi connectivity index (χ3n) is 3.35. The molecule has 0 aliphatic heterocycles. The highest BCUT2D eigenvalue weighted by molar-refractivity contribution is 5.20. The summed E-state index contributed by atoms with van der Waals surface area (Å²) in [6, 6.07) is 13.5. The van der Waals surface area contributed by atoms with E-state index in [1.807, 2.05) is 36.4 Å². The molecule has 0 saturated carbocycles. The molecule has 2 rings (SSSR count). The zero-order valence-electron chi connectivity index (χ0n) is 12.9. The van der Waals surface area contributed by atoms with E-state index in [1.165, 1.54) is 12.1 Å². The molecule has 0 spiro atoms. The molecule has 0 N–H and O–H groups in total. The third-order valence-corrected chi connectivity index (χ3v) is 3.35. The van der Waals surface area contributed by atoms with Crippen molar-refractivity contribution in [2.45, 2.75) is 12.8 Å². The largest absolute Gasteiger partial charge is 0.373 e. The number of hydrogen-bond donors (Lipinski definition) is 0. The summed E-state index contributed by atoms with van der Waals surface area (Å²) in [7, 11) is 0. The summed E-state index contributed by atoms with van der Waals surface area (Å²) in [6.45, 7) is 0.941. The van der Waals surface area contributed by atoms with Crippen LogP contribution in [0, 0.1) is 11.6 Å². The first-order valence-corrected chi connectivity index (χ1v) is 7.62. The van der Waals surface area contributed by atoms with E-state index in [0.717, 1.165) is 0 Å². The fourth-order valence-electron chi connectivity index (χ4n) is 2.09. The molecule has 2 aromatic carbocycles. The van der Waals surface area contributed by atoms with Crippen LogP contribution in [0.15, 0.2) is 72.8 Å². The second-order valence-electron chi connectivity index (χ2n) is 5.07. The number of rotatable bonds is 8. The molecule has 0 radical (unpaired) electrons. The predicted molar refractivity (Wildman–Crippen MR) is 89.3 cm³/mol. The second-order valence-corrected chi connectivity index (χ2v) is 5.07. The fourth-order valence-corrected chi connectivity index (χ4v) is 2.09. The van der Waals surface area contributed by atoms with E-state index in [9.17, 15) is 8.78 Å². The summed E-state index contributed by atoms with van der Waals surface area (Å²) < 4.78 is 32.2. The molecule has 0 saturated heterocycles. The van der Waals surface area contributed by atoms with Gasteiger partial charge in [0.15, 0.2) is 0 Å². The molecule has 0 amide bonds. The van der Waals surface area contributed by atoms with Crippen molar-refractivity contribution >= 4 is 0 Å². The van der Waals surface area contributed by atoms with Crippen molar-refractivity contribution in [3.05, 3.63) is 95.6 Å². The first-order valence-electron chi connectivity index (χ1n) is 7.62. The zero-order chi connectivity index (χ0) is 16.3. The molecule has 0 aliphatic carbocycles. The summed E-state index contributed by atoms with van der Waals surface area (Å²) in [5.74, 6) is -0.372. The van der Waals surface area contributed by atoms with Crippen LogP contribution in [0.2, 0.25) is 0 Å². The van der Waals surface area contributed by atoms with Crippen LogP contribution < -0.4 is 0 Å². The van der Waals surface area contributed by atoms with Crippen molar-refractivity contribution in [1.82, 2.24) is 0 Å². The van der Waals surface area contributed by atoms with E-state index in [0.29, 0.717) is 37.2 Å². The molecule has 120 valence electrons. The van der Waals surface area contributed by atoms with Gasteiger partial charge in [-0.2, -0.15) is 0 Å². The highest BCUT2D eigenvalue weighted by atomic mass is 19.1. The fraction of sp³-hybridized carbons (Fsp3) is 0.200. The van der Waals surface area contributed by atoms with Crippen molar-refractivity contribution in [2.75, 3.05) is 13.2 Å². The number of ether oxygens (including phenoxy) is 1. The lowest BCUT2D eigenvalue weighted by atomic mass is 10.1. The Morgan fingerprint density at radius 1 is 0.652 bits per heavy atom. The molecular weight excluding hydrogens is 294 g/mol. The molecule has 0 aliphatic rings. The average molecular weight is 314 g/mol. The minimum absolute atomic E-state index is 0.186. The van der Waals surface area contributed by atoms with Gasteiger partial charge < -0.3 is 4.74 Å². The van der Waals surface area contributed by atoms with Crippen LogP contribution >= 0.6 is 0 Å². The van der Waals surface area contributed by atoms with Gasteiger partial charge in [-0.3, -0.25) is 0 Å². The first-order chi connectivity index (χ1) is 11.3. The molecule has 0 atom stereocenters. The van der Waals surface area contributed by atoms with Crippen molar-refractivity contribution in [2.24, 2.45) is 0 Å². The van der Waals surface area contributed by atoms with Crippen molar-refractivity contribution < 1.29 is 13.5 Å². The monoisotopic (exact) mass is 314 g/mol. The molecule has 0 bridgehead atoms. The minimum atomic E-state index is -0.186. The predicted octanol–water partition coefficient (Wildman–Crippen LogP) is 4.88. The Labute approximate surface area is 135 Å². The lowest BCUT2D eigenvalue weighted by Crippen LogP contribution is -1.92. The SMILES string of the molecule is Fc1ccccc1CC=CCOCC=CCc1ccccc1F. The Hall–Kier alpha value is -2.26. The summed E-state index contributed by atoms with van der Waals surface area (Å²) in [5.41, 5.74) is 1.35. The van der Waals surface area contributed by atoms with Crippen LogP contribution in [0.5, 0.6) is 0 Å². The van der Waals surface area contributed by atoms with Crippen LogP contribution in [0.1, 0.15) is 11.1 Å². The summed E-state index contributed by atoms with van der Waals surface area (Å²) in [5, 5.41) is 0. The average Bonchev–Trinajstić information content (AvgIpc) is 2.56. The highest BCUT2D eigenvalue weighted by Gasteiger charge is 1.97. The lowest BCUT2D eigenvalue weighted by molar-refractivity contribution is 0.193. The molecule has 1 nitrogen and oxygen atoms in total. The summed E-state index contributed by atoms with van der Waals surface area (Å²) in [6.07, 6.45) is 8.63. The van der Waals surface area contributed by atoms with Gasteiger partial charge in [0.1, 0.15) is 11.6 Å². The Bertz CT molecular complexity index is 605. The van der Waals surface area contributed by atoms with Gasteiger partial charge in [0.2, 0.25) is 0 Å². The number of hydrogen-bond acceptors (Lipinski definition) is 1. The molecule has 0 heterocycles. The Kier molecular flexibility index (Phi) is 7.21. The van der Waals surface area contributed by atoms with Crippen LogP contribution in [0.4, 0.5) is 8.78 Å². The maximum Gasteiger partial charge on any atom is 0.126 e. The maximum absolute atomic E-state index is 13.4. The third kappa shape index (κ3) is 6.17. The van der Waals surface area contributed by atoms with Crippen molar-refractivity contribution in [1.29, 1.82) is 0 Å². The molecule has 23 heavy (non-hydrogen) atoms. The highest BCUT2D eigenvalue weighted by Crippen LogP contribution is 2.08. The van der Waals surface area contributed by atoms with Crippen LogP contribution in [0.25, 0.3) is 0 Å². The molecule has 2 aromatic rings. The van der Waals surface area contributed by atoms with Crippen LogP contribution in [-0.2, 0) is 17.6 Å². The van der Waals surface area contributed by atoms with E-state index >= 15 is 0 Å². The Balaban J connectivity index is 1.60. The van der Waals surface area contributed by atoms with Gasteiger partial charge in [0, 0.05) is 0 Å². The van der Waals surface area contributed by atoms with Gasteiger partial charge in [0.05, 0.1) is 13.2 Å². The van der Waals surface area contributed by atoms with Gasteiger partial charge >= 0.3 is 0 Å². The number of allylic oxidation sites excluding steroid dienone is 2. The first kappa shape index (κ1) is 17.1. The quantitative estimate of drug-likeness (QED) is 0.498. The van der Waals surface area contributed by atoms with E-state index in [-0.39, 0.29) is 11.6 Å². The maximum atomic E-state index is 13.4. The standard InChI is InChI=1S/C20H20F2O/c21-19-13-3-1-9-17(19)11-5-7-15-23-16-8-6-12-18-10-2-4-14-20(18)22/h1-10,13-14H,11-12,15-16H2. The van der Waals surface area contributed by atoms with Crippen LogP contribution in [0.3, 0.4) is 0 Å². The van der Waals surface area contributed by atoms with Crippen molar-refractivity contribution in [3.8, 4) is 0 Å². The number of halogens is 2. The van der Waals surface area contributed by atoms with Gasteiger partial charge in [-0.25, -0.2) is 8.78 Å². The Morgan fingerprint density at radius 2 is 1.09 bits per heavy atom. The van der Waals surface area contributed by atoms with E-state index in [1.54, 1.807) is 24.3 Å². The van der Waals surface area contributed by atoms with Gasteiger partial charge in [-0.1, -0.05) is 60.7 Å². The summed E-state index contributed by atoms with van der Waals surface area (Å²) >= 11 is 0. The minimum Gasteiger partial charge on any atom is -0.373 e. The van der Waals surface area contributed by atoms with E-state index in [2.05, 4.69) is 0 Å². The van der Waals surface area contributed by atoms with E-state index in [4.69, 9.17) is 4.74 Å². The molecule has 0 fully saturated rings. The van der Waals surface area contributed by atoms with Crippen molar-refractivity contribution in [3.63, 3.8) is 0 Å². The summed E-state index contributed by atoms with van der Waals surface area (Å²) in [4.78, 5) is 0. The smallest absolute Gasteiger partial charge is 0.126 e. The second kappa shape index (κ2) is 9.70. The molecule has 3 heteroatoms. The molecule has 0 aromatic heterocycles. The van der Waals surface area contributed by atoms with Gasteiger partial charge in [-0.15, -0.1) is 0 Å². The van der Waals surface area contributed by atoms with E-state index < -0.39 is 0 Å². The lowest BCUT2D eigenvalue weighted by Gasteiger charge is -1.99. The topological polar surface area (TPSA) is 9.23 Å². The zero-order valence-corrected chi connectivity index (χ0v) is 12.9. The Morgan fingerprint density at radius 3 is 1.52 bits per heavy atom.